The van der Waals surface area contributed by atoms with Gasteiger partial charge in [-0.3, -0.25) is 5.84 Å². The van der Waals surface area contributed by atoms with E-state index in [9.17, 15) is 33.7 Å². The molecule has 0 unspecified atom stereocenters. The number of nitrogens with two attached hydrogens (primary N) is 1. The normalized spacial score (nSPS) is 11.9. The van der Waals surface area contributed by atoms with Gasteiger partial charge < -0.3 is 0 Å². The number of hydrazine groups is 1. The Morgan fingerprint density at radius 1 is 0.489 bits per heavy atom. The van der Waals surface area contributed by atoms with Gasteiger partial charge >= 0.3 is 0 Å². The third-order valence-electron chi connectivity index (χ3n) is 5.94. The van der Waals surface area contributed by atoms with Crippen LogP contribution in [0.2, 0.25) is 0 Å². The molecule has 0 aliphatic carbocycles. The Morgan fingerprint density at radius 2 is 0.778 bits per heavy atom. The third-order valence-corrected chi connectivity index (χ3v) is 11.6. The van der Waals surface area contributed by atoms with Crippen molar-refractivity contribution in [2.45, 2.75) is 47.3 Å². The van der Waals surface area contributed by atoms with Crippen LogP contribution in [-0.2, 0) is 38.9 Å². The van der Waals surface area contributed by atoms with E-state index < -0.39 is 44.8 Å². The highest BCUT2D eigenvalue weighted by Crippen LogP contribution is 2.15. The molecule has 244 valence electrons. The summed E-state index contributed by atoms with van der Waals surface area (Å²) in [6, 6.07) is 25.3. The van der Waals surface area contributed by atoms with Crippen LogP contribution in [0.25, 0.3) is 0 Å². The van der Waals surface area contributed by atoms with Crippen molar-refractivity contribution in [1.29, 1.82) is 0 Å². The van der Waals surface area contributed by atoms with E-state index >= 15 is 0 Å². The molecule has 0 aliphatic rings. The molecule has 0 radical (unpaired) electrons. The fourth-order valence-corrected chi connectivity index (χ4v) is 7.29. The van der Waals surface area contributed by atoms with E-state index in [0.717, 1.165) is 22.3 Å². The van der Waals surface area contributed by atoms with E-state index in [1.807, 2.05) is 27.7 Å². The maximum Gasteiger partial charge on any atom is 0.261 e. The van der Waals surface area contributed by atoms with Gasteiger partial charge in [0.15, 0.2) is 9.84 Å². The lowest BCUT2D eigenvalue weighted by Crippen LogP contribution is -2.30. The quantitative estimate of drug-likeness (QED) is 0.137. The predicted octanol–water partition coefficient (Wildman–Crippen LogP) is 4.08. The Labute approximate surface area is 269 Å². The molecule has 0 aliphatic heterocycles. The Hall–Kier alpha value is -3.15. The number of hydrogen-bond donors (Lipinski definition) is 3. The molecule has 4 N–H and O–H groups in total. The zero-order valence-electron chi connectivity index (χ0n) is 24.8. The summed E-state index contributed by atoms with van der Waals surface area (Å²) in [5.41, 5.74) is 3.87. The van der Waals surface area contributed by atoms with Crippen molar-refractivity contribution in [2.24, 2.45) is 5.84 Å². The van der Waals surface area contributed by atoms with Gasteiger partial charge in [0.2, 0.25) is 10.0 Å². The molecule has 45 heavy (non-hydrogen) atoms. The van der Waals surface area contributed by atoms with Crippen molar-refractivity contribution in [2.75, 3.05) is 5.88 Å². The average Bonchev–Trinajstić information content (AvgIpc) is 2.97. The molecule has 0 saturated heterocycles. The highest BCUT2D eigenvalue weighted by atomic mass is 35.7. The van der Waals surface area contributed by atoms with Crippen LogP contribution in [0.3, 0.4) is 0 Å². The number of halogens is 1. The largest absolute Gasteiger partial charge is 0.261 e. The molecule has 0 aromatic heterocycles. The van der Waals surface area contributed by atoms with E-state index in [2.05, 4.69) is 4.72 Å². The minimum Gasteiger partial charge on any atom is -0.257 e. The van der Waals surface area contributed by atoms with Crippen molar-refractivity contribution in [3.63, 3.8) is 0 Å². The van der Waals surface area contributed by atoms with Crippen LogP contribution in [0.5, 0.6) is 0 Å². The molecule has 4 aromatic rings. The molecule has 0 spiro atoms. The maximum absolute atomic E-state index is 12.1. The van der Waals surface area contributed by atoms with E-state index in [-0.39, 0.29) is 19.6 Å². The smallest absolute Gasteiger partial charge is 0.257 e. The standard InChI is InChI=1S/C15H17NO4S2.C7H7ClO2S.C7H10N2O2S/c1-12-3-7-14(8-4-12)21(17,18)11-16-22(19,20)15-9-5-13(2)6-10-15;1-6-2-4-7(5-3-6)11(8,9)10;1-6-2-4-7(5-3-6)12(10,11)9-8/h3-10,16H,11H2,1-2H3;2-5H,1H3;2-5,9H,8H2,1H3. The minimum atomic E-state index is -3.86. The number of benzene rings is 4. The van der Waals surface area contributed by atoms with Crippen LogP contribution in [0.15, 0.2) is 117 Å². The summed E-state index contributed by atoms with van der Waals surface area (Å²) < 4.78 is 94.2. The van der Waals surface area contributed by atoms with Gasteiger partial charge in [0.25, 0.3) is 19.1 Å². The molecule has 11 nitrogen and oxygen atoms in total. The molecule has 0 atom stereocenters. The van der Waals surface area contributed by atoms with E-state index in [4.69, 9.17) is 16.5 Å². The Morgan fingerprint density at radius 3 is 1.09 bits per heavy atom. The first kappa shape index (κ1) is 38.0. The Kier molecular flexibility index (Phi) is 13.4. The second-order valence-corrected chi connectivity index (χ2v) is 17.8. The van der Waals surface area contributed by atoms with Crippen molar-refractivity contribution in [3.8, 4) is 0 Å². The molecule has 0 heterocycles. The zero-order valence-corrected chi connectivity index (χ0v) is 28.8. The molecular weight excluding hydrogens is 682 g/mol. The number of sulfone groups is 1. The molecular formula is C29H34ClN3O8S4. The highest BCUT2D eigenvalue weighted by Gasteiger charge is 2.20. The van der Waals surface area contributed by atoms with Gasteiger partial charge in [0, 0.05) is 10.7 Å². The SMILES string of the molecule is Cc1ccc(S(=O)(=O)CNS(=O)(=O)c2ccc(C)cc2)cc1.Cc1ccc(S(=O)(=O)Cl)cc1.Cc1ccc(S(=O)(=O)NN)cc1. The Bertz CT molecular complexity index is 1930. The lowest BCUT2D eigenvalue weighted by atomic mass is 10.2. The molecule has 0 amide bonds. The number of nitrogens with one attached hydrogen (secondary N) is 2. The number of sulfonamides is 2. The summed E-state index contributed by atoms with van der Waals surface area (Å²) in [5, 5.41) is 0. The first-order valence-corrected chi connectivity index (χ1v) is 19.9. The van der Waals surface area contributed by atoms with Gasteiger partial charge in [-0.15, -0.1) is 0 Å². The predicted molar refractivity (Wildman–Crippen MR) is 175 cm³/mol. The average molecular weight is 716 g/mol. The minimum absolute atomic E-state index is 0.0391. The third kappa shape index (κ3) is 12.3. The van der Waals surface area contributed by atoms with Crippen LogP contribution in [0, 0.1) is 27.7 Å². The van der Waals surface area contributed by atoms with Gasteiger partial charge in [-0.2, -0.15) is 9.55 Å². The van der Waals surface area contributed by atoms with E-state index in [1.165, 1.54) is 48.5 Å². The van der Waals surface area contributed by atoms with Crippen molar-refractivity contribution < 1.29 is 33.7 Å². The maximum atomic E-state index is 12.1. The molecule has 4 aromatic carbocycles. The first-order chi connectivity index (χ1) is 20.8. The number of hydrogen-bond acceptors (Lipinski definition) is 9. The van der Waals surface area contributed by atoms with Gasteiger partial charge in [0.1, 0.15) is 5.88 Å². The van der Waals surface area contributed by atoms with Crippen LogP contribution >= 0.6 is 10.7 Å². The lowest BCUT2D eigenvalue weighted by molar-refractivity contribution is 0.576. The first-order valence-electron chi connectivity index (χ1n) is 12.9. The molecule has 4 rings (SSSR count). The van der Waals surface area contributed by atoms with Crippen molar-refractivity contribution >= 4 is 49.6 Å². The molecule has 16 heteroatoms. The van der Waals surface area contributed by atoms with Gasteiger partial charge in [-0.05, 0) is 76.2 Å². The van der Waals surface area contributed by atoms with Gasteiger partial charge in [-0.1, -0.05) is 70.8 Å². The van der Waals surface area contributed by atoms with Crippen LogP contribution in [0.1, 0.15) is 22.3 Å². The fraction of sp³-hybridized carbons (Fsp3) is 0.172. The number of rotatable bonds is 8. The molecule has 0 bridgehead atoms. The van der Waals surface area contributed by atoms with Gasteiger partial charge in [0.05, 0.1) is 19.6 Å². The van der Waals surface area contributed by atoms with Crippen LogP contribution in [-0.4, -0.2) is 39.5 Å². The Balaban J connectivity index is 0.000000259. The molecule has 0 fully saturated rings. The zero-order chi connectivity index (χ0) is 34.1. The monoisotopic (exact) mass is 715 g/mol. The number of aryl methyl sites for hydroxylation is 4. The van der Waals surface area contributed by atoms with E-state index in [1.54, 1.807) is 53.4 Å². The summed E-state index contributed by atoms with van der Waals surface area (Å²) >= 11 is 0. The second-order valence-electron chi connectivity index (χ2n) is 9.72. The summed E-state index contributed by atoms with van der Waals surface area (Å²) in [4.78, 5) is 2.20. The fourth-order valence-electron chi connectivity index (χ4n) is 3.27. The van der Waals surface area contributed by atoms with Crippen molar-refractivity contribution in [1.82, 2.24) is 9.55 Å². The summed E-state index contributed by atoms with van der Waals surface area (Å²) in [7, 11) is -9.52. The topological polar surface area (TPSA) is 187 Å². The van der Waals surface area contributed by atoms with E-state index in [0.29, 0.717) is 0 Å². The summed E-state index contributed by atoms with van der Waals surface area (Å²) in [5.74, 6) is 4.16. The lowest BCUT2D eigenvalue weighted by Gasteiger charge is -2.08. The second kappa shape index (κ2) is 15.9. The highest BCUT2D eigenvalue weighted by molar-refractivity contribution is 8.13. The summed E-state index contributed by atoms with van der Waals surface area (Å²) in [6.45, 7) is 7.44. The van der Waals surface area contributed by atoms with Crippen LogP contribution < -0.4 is 15.4 Å². The summed E-state index contributed by atoms with van der Waals surface area (Å²) in [6.07, 6.45) is 0. The van der Waals surface area contributed by atoms with Crippen molar-refractivity contribution in [3.05, 3.63) is 119 Å². The molecule has 0 saturated carbocycles. The van der Waals surface area contributed by atoms with Crippen LogP contribution in [0.4, 0.5) is 0 Å². The van der Waals surface area contributed by atoms with Gasteiger partial charge in [-0.25, -0.2) is 33.7 Å².